The zero-order valence-corrected chi connectivity index (χ0v) is 13.8. The molecule has 126 valence electrons. The molecule has 4 atom stereocenters. The van der Waals surface area contributed by atoms with Gasteiger partial charge >= 0.3 is 5.82 Å². The summed E-state index contributed by atoms with van der Waals surface area (Å²) in [6.45, 7) is 2.36. The van der Waals surface area contributed by atoms with Crippen molar-refractivity contribution in [1.82, 2.24) is 15.1 Å². The molecule has 1 heterocycles. The van der Waals surface area contributed by atoms with Gasteiger partial charge in [0.1, 0.15) is 0 Å². The second kappa shape index (κ2) is 6.47. The molecule has 0 spiro atoms. The number of aromatic nitrogens is 2. The number of nitro groups is 1. The molecule has 0 radical (unpaired) electrons. The number of nitrogens with zero attached hydrogens (tertiary/aromatic N) is 3. The lowest BCUT2D eigenvalue weighted by Gasteiger charge is -2.28. The van der Waals surface area contributed by atoms with Crippen molar-refractivity contribution >= 4 is 23.3 Å². The van der Waals surface area contributed by atoms with Gasteiger partial charge in [-0.2, -0.15) is 4.68 Å². The third kappa shape index (κ3) is 3.49. The van der Waals surface area contributed by atoms with Crippen LogP contribution in [-0.2, 0) is 11.3 Å². The number of aryl methyl sites for hydroxylation is 1. The van der Waals surface area contributed by atoms with Crippen LogP contribution in [0.2, 0.25) is 5.02 Å². The maximum Gasteiger partial charge on any atom is 0.408 e. The predicted octanol–water partition coefficient (Wildman–Crippen LogP) is 2.78. The Kier molecular flexibility index (Phi) is 4.57. The van der Waals surface area contributed by atoms with Gasteiger partial charge in [0.25, 0.3) is 0 Å². The zero-order chi connectivity index (χ0) is 16.6. The quantitative estimate of drug-likeness (QED) is 0.636. The smallest absolute Gasteiger partial charge is 0.358 e. The van der Waals surface area contributed by atoms with Crippen LogP contribution >= 0.6 is 11.6 Å². The van der Waals surface area contributed by atoms with Crippen LogP contribution in [0.1, 0.15) is 39.0 Å². The Labute approximate surface area is 139 Å². The van der Waals surface area contributed by atoms with Gasteiger partial charge in [-0.1, -0.05) is 18.0 Å². The number of fused-ring (bicyclic) bond motifs is 2. The van der Waals surface area contributed by atoms with Gasteiger partial charge in [0.2, 0.25) is 5.91 Å². The summed E-state index contributed by atoms with van der Waals surface area (Å²) in [5.74, 6) is 1.80. The first kappa shape index (κ1) is 16.2. The van der Waals surface area contributed by atoms with Gasteiger partial charge in [-0.3, -0.25) is 4.79 Å². The van der Waals surface area contributed by atoms with Crippen LogP contribution in [-0.4, -0.2) is 26.7 Å². The highest BCUT2D eigenvalue weighted by atomic mass is 35.5. The lowest BCUT2D eigenvalue weighted by atomic mass is 9.84. The van der Waals surface area contributed by atoms with E-state index in [1.54, 1.807) is 0 Å². The number of carbonyl (C=O) groups excluding carboxylic acids is 1. The first-order valence-electron chi connectivity index (χ1n) is 8.10. The van der Waals surface area contributed by atoms with Crippen molar-refractivity contribution in [1.29, 1.82) is 0 Å². The van der Waals surface area contributed by atoms with E-state index in [4.69, 9.17) is 11.6 Å². The van der Waals surface area contributed by atoms with Crippen LogP contribution in [0.3, 0.4) is 0 Å². The molecule has 23 heavy (non-hydrogen) atoms. The molecule has 0 aromatic carbocycles. The van der Waals surface area contributed by atoms with E-state index < -0.39 is 4.92 Å². The van der Waals surface area contributed by atoms with Gasteiger partial charge in [-0.25, -0.2) is 0 Å². The molecular weight excluding hydrogens is 320 g/mol. The van der Waals surface area contributed by atoms with Crippen molar-refractivity contribution in [2.24, 2.45) is 17.8 Å². The van der Waals surface area contributed by atoms with Crippen molar-refractivity contribution in [2.45, 2.75) is 51.6 Å². The molecule has 1 N–H and O–H groups in total. The van der Waals surface area contributed by atoms with Crippen LogP contribution in [0.5, 0.6) is 0 Å². The summed E-state index contributed by atoms with van der Waals surface area (Å²) < 4.78 is 1.35. The molecule has 2 aliphatic carbocycles. The molecule has 8 heteroatoms. The largest absolute Gasteiger partial charge is 0.408 e. The summed E-state index contributed by atoms with van der Waals surface area (Å²) in [5.41, 5.74) is 0. The van der Waals surface area contributed by atoms with Crippen LogP contribution in [0.25, 0.3) is 0 Å². The monoisotopic (exact) mass is 340 g/mol. The standard InChI is InChI=1S/C15H21ClN4O3/c1-9(12-7-10-2-3-11(12)6-10)17-14(21)4-5-19-8-13(16)15(18-19)20(22)23/h8-12H,2-7H2,1H3,(H,17,21)/t9-,10+,11+,12-/m1/s1. The Morgan fingerprint density at radius 1 is 1.57 bits per heavy atom. The average Bonchev–Trinajstić information content (AvgIpc) is 3.19. The number of hydrogen-bond donors (Lipinski definition) is 1. The second-order valence-corrected chi connectivity index (χ2v) is 7.17. The fourth-order valence-corrected chi connectivity index (χ4v) is 4.40. The lowest BCUT2D eigenvalue weighted by molar-refractivity contribution is -0.389. The minimum Gasteiger partial charge on any atom is -0.358 e. The number of nitrogens with one attached hydrogen (secondary N) is 1. The third-order valence-corrected chi connectivity index (χ3v) is 5.53. The van der Waals surface area contributed by atoms with E-state index in [0.29, 0.717) is 5.92 Å². The maximum atomic E-state index is 12.1. The van der Waals surface area contributed by atoms with E-state index in [0.717, 1.165) is 11.8 Å². The molecule has 1 amide bonds. The Hall–Kier alpha value is -1.63. The van der Waals surface area contributed by atoms with Crippen molar-refractivity contribution in [3.63, 3.8) is 0 Å². The molecule has 2 aliphatic rings. The molecule has 1 aromatic rings. The molecule has 0 saturated heterocycles. The molecule has 1 aromatic heterocycles. The van der Waals surface area contributed by atoms with Crippen LogP contribution in [0, 0.1) is 27.9 Å². The Balaban J connectivity index is 1.48. The van der Waals surface area contributed by atoms with E-state index in [2.05, 4.69) is 17.3 Å². The highest BCUT2D eigenvalue weighted by molar-refractivity contribution is 6.32. The molecule has 0 unspecified atom stereocenters. The van der Waals surface area contributed by atoms with Crippen molar-refractivity contribution < 1.29 is 9.72 Å². The maximum absolute atomic E-state index is 12.1. The summed E-state index contributed by atoms with van der Waals surface area (Å²) in [6.07, 6.45) is 6.81. The van der Waals surface area contributed by atoms with E-state index in [1.165, 1.54) is 36.6 Å². The number of hydrogen-bond acceptors (Lipinski definition) is 4. The fraction of sp³-hybridized carbons (Fsp3) is 0.733. The predicted molar refractivity (Wildman–Crippen MR) is 85.1 cm³/mol. The number of amides is 1. The van der Waals surface area contributed by atoms with Gasteiger partial charge in [0.15, 0.2) is 5.02 Å². The van der Waals surface area contributed by atoms with Gasteiger partial charge in [0, 0.05) is 12.5 Å². The zero-order valence-electron chi connectivity index (χ0n) is 13.1. The van der Waals surface area contributed by atoms with Crippen LogP contribution in [0.15, 0.2) is 6.20 Å². The van der Waals surface area contributed by atoms with Gasteiger partial charge in [-0.15, -0.1) is 0 Å². The number of halogens is 1. The summed E-state index contributed by atoms with van der Waals surface area (Å²) in [7, 11) is 0. The van der Waals surface area contributed by atoms with E-state index in [9.17, 15) is 14.9 Å². The number of carbonyl (C=O) groups is 1. The lowest BCUT2D eigenvalue weighted by Crippen LogP contribution is -2.40. The average molecular weight is 341 g/mol. The third-order valence-electron chi connectivity index (χ3n) is 5.26. The molecular formula is C15H21ClN4O3. The van der Waals surface area contributed by atoms with Crippen LogP contribution < -0.4 is 5.32 Å². The topological polar surface area (TPSA) is 90.1 Å². The van der Waals surface area contributed by atoms with Crippen molar-refractivity contribution in [3.05, 3.63) is 21.3 Å². The highest BCUT2D eigenvalue weighted by Crippen LogP contribution is 2.49. The first-order chi connectivity index (χ1) is 10.9. The minimum absolute atomic E-state index is 0.00856. The SMILES string of the molecule is C[C@@H](NC(=O)CCn1cc(Cl)c([N+](=O)[O-])n1)[C@H]1C[C@H]2CC[C@H]1C2. The van der Waals surface area contributed by atoms with Crippen LogP contribution in [0.4, 0.5) is 5.82 Å². The molecule has 2 fully saturated rings. The molecule has 7 nitrogen and oxygen atoms in total. The molecule has 2 bridgehead atoms. The normalized spacial score (nSPS) is 27.1. The Bertz CT molecular complexity index is 618. The first-order valence-corrected chi connectivity index (χ1v) is 8.48. The van der Waals surface area contributed by atoms with Crippen molar-refractivity contribution in [3.8, 4) is 0 Å². The summed E-state index contributed by atoms with van der Waals surface area (Å²) >= 11 is 5.74. The van der Waals surface area contributed by atoms with Crippen molar-refractivity contribution in [2.75, 3.05) is 0 Å². The Morgan fingerprint density at radius 3 is 2.91 bits per heavy atom. The number of rotatable bonds is 6. The van der Waals surface area contributed by atoms with Gasteiger partial charge in [-0.05, 0) is 48.9 Å². The minimum atomic E-state index is -0.629. The van der Waals surface area contributed by atoms with Gasteiger partial charge in [0.05, 0.1) is 17.8 Å². The summed E-state index contributed by atoms with van der Waals surface area (Å²) in [6, 6.07) is 0.188. The molecule has 2 saturated carbocycles. The van der Waals surface area contributed by atoms with Gasteiger partial charge < -0.3 is 15.4 Å². The van der Waals surface area contributed by atoms with E-state index >= 15 is 0 Å². The van der Waals surface area contributed by atoms with E-state index in [-0.39, 0.29) is 35.8 Å². The second-order valence-electron chi connectivity index (χ2n) is 6.77. The summed E-state index contributed by atoms with van der Waals surface area (Å²) in [4.78, 5) is 22.2. The fourth-order valence-electron chi connectivity index (χ4n) is 4.18. The molecule has 3 rings (SSSR count). The highest BCUT2D eigenvalue weighted by Gasteiger charge is 2.42. The Morgan fingerprint density at radius 2 is 2.35 bits per heavy atom. The summed E-state index contributed by atoms with van der Waals surface area (Å²) in [5, 5.41) is 17.5. The van der Waals surface area contributed by atoms with E-state index in [1.807, 2.05) is 0 Å². The molecule has 0 aliphatic heterocycles.